The van der Waals surface area contributed by atoms with Crippen molar-refractivity contribution in [2.45, 2.75) is 38.9 Å². The van der Waals surface area contributed by atoms with Gasteiger partial charge in [0, 0.05) is 30.9 Å². The molecule has 0 aromatic carbocycles. The second-order valence-electron chi connectivity index (χ2n) is 4.72. The fourth-order valence-electron chi connectivity index (χ4n) is 2.36. The molecule has 94 valence electrons. The lowest BCUT2D eigenvalue weighted by Gasteiger charge is -2.23. The van der Waals surface area contributed by atoms with E-state index in [2.05, 4.69) is 26.4 Å². The van der Waals surface area contributed by atoms with Gasteiger partial charge in [0.1, 0.15) is 12.2 Å². The number of pyridine rings is 1. The molecule has 0 amide bonds. The first-order valence-electron chi connectivity index (χ1n) is 6.33. The molecule has 1 N–H and O–H groups in total. The van der Waals surface area contributed by atoms with Gasteiger partial charge in [-0.15, -0.1) is 0 Å². The fourth-order valence-corrected chi connectivity index (χ4v) is 2.36. The van der Waals surface area contributed by atoms with Crippen LogP contribution in [0, 0.1) is 6.92 Å². The maximum atomic E-state index is 4.30. The lowest BCUT2D eigenvalue weighted by atomic mass is 10.1. The van der Waals surface area contributed by atoms with Gasteiger partial charge in [-0.2, -0.15) is 5.10 Å². The molecule has 18 heavy (non-hydrogen) atoms. The second-order valence-corrected chi connectivity index (χ2v) is 4.72. The van der Waals surface area contributed by atoms with Crippen molar-refractivity contribution in [3.05, 3.63) is 41.7 Å². The third kappa shape index (κ3) is 2.26. The number of nitrogens with zero attached hydrogens (tertiary/aromatic N) is 4. The minimum absolute atomic E-state index is 0.471. The molecule has 0 saturated heterocycles. The molecule has 0 saturated carbocycles. The van der Waals surface area contributed by atoms with E-state index >= 15 is 0 Å². The van der Waals surface area contributed by atoms with Crippen LogP contribution in [0.1, 0.15) is 23.5 Å². The molecule has 3 rings (SSSR count). The van der Waals surface area contributed by atoms with E-state index in [9.17, 15) is 0 Å². The summed E-state index contributed by atoms with van der Waals surface area (Å²) >= 11 is 0. The average molecular weight is 243 g/mol. The number of hydrogen-bond acceptors (Lipinski definition) is 4. The molecule has 1 unspecified atom stereocenters. The Kier molecular flexibility index (Phi) is 3.06. The molecule has 1 aliphatic rings. The van der Waals surface area contributed by atoms with Gasteiger partial charge < -0.3 is 5.32 Å². The highest BCUT2D eigenvalue weighted by Gasteiger charge is 2.19. The highest BCUT2D eigenvalue weighted by molar-refractivity contribution is 5.18. The Bertz CT molecular complexity index is 534. The zero-order valence-corrected chi connectivity index (χ0v) is 10.5. The van der Waals surface area contributed by atoms with Crippen molar-refractivity contribution < 1.29 is 0 Å². The van der Waals surface area contributed by atoms with Gasteiger partial charge in [-0.3, -0.25) is 4.98 Å². The van der Waals surface area contributed by atoms with Crippen LogP contribution in [0.15, 0.2) is 24.7 Å². The summed E-state index contributed by atoms with van der Waals surface area (Å²) in [6.45, 7) is 3.83. The molecule has 1 atom stereocenters. The van der Waals surface area contributed by atoms with Crippen molar-refractivity contribution in [2.24, 2.45) is 0 Å². The Labute approximate surface area is 106 Å². The normalized spacial score (nSPS) is 18.6. The number of rotatable bonds is 3. The summed E-state index contributed by atoms with van der Waals surface area (Å²) in [4.78, 5) is 8.54. The van der Waals surface area contributed by atoms with Crippen LogP contribution in [0.3, 0.4) is 0 Å². The van der Waals surface area contributed by atoms with E-state index in [1.165, 1.54) is 5.56 Å². The minimum Gasteiger partial charge on any atom is -0.308 e. The number of nitrogens with one attached hydrogen (secondary N) is 1. The first-order chi connectivity index (χ1) is 8.83. The average Bonchev–Trinajstić information content (AvgIpc) is 2.85. The van der Waals surface area contributed by atoms with Gasteiger partial charge in [0.05, 0.1) is 6.54 Å². The second kappa shape index (κ2) is 4.86. The van der Waals surface area contributed by atoms with Crippen LogP contribution in [0.25, 0.3) is 0 Å². The summed E-state index contributed by atoms with van der Waals surface area (Å²) < 4.78 is 2.00. The van der Waals surface area contributed by atoms with Crippen molar-refractivity contribution in [2.75, 3.05) is 0 Å². The van der Waals surface area contributed by atoms with E-state index < -0.39 is 0 Å². The van der Waals surface area contributed by atoms with E-state index in [1.807, 2.05) is 23.9 Å². The molecule has 0 fully saturated rings. The van der Waals surface area contributed by atoms with Gasteiger partial charge >= 0.3 is 0 Å². The third-order valence-electron chi connectivity index (χ3n) is 3.50. The van der Waals surface area contributed by atoms with E-state index in [4.69, 9.17) is 0 Å². The number of fused-ring (bicyclic) bond motifs is 1. The topological polar surface area (TPSA) is 55.6 Å². The van der Waals surface area contributed by atoms with Crippen LogP contribution in [-0.2, 0) is 19.5 Å². The van der Waals surface area contributed by atoms with Crippen LogP contribution >= 0.6 is 0 Å². The molecule has 0 radical (unpaired) electrons. The van der Waals surface area contributed by atoms with Gasteiger partial charge in [-0.25, -0.2) is 9.67 Å². The summed E-state index contributed by atoms with van der Waals surface area (Å²) in [5.41, 5.74) is 2.36. The van der Waals surface area contributed by atoms with E-state index in [-0.39, 0.29) is 0 Å². The Morgan fingerprint density at radius 1 is 1.44 bits per heavy atom. The summed E-state index contributed by atoms with van der Waals surface area (Å²) in [6.07, 6.45) is 5.60. The highest BCUT2D eigenvalue weighted by Crippen LogP contribution is 2.12. The number of aryl methyl sites for hydroxylation is 2. The van der Waals surface area contributed by atoms with Gasteiger partial charge in [-0.05, 0) is 25.0 Å². The van der Waals surface area contributed by atoms with Crippen molar-refractivity contribution in [3.63, 3.8) is 0 Å². The SMILES string of the molecule is Cc1ncccc1CNC1CCc2ncnn2C1. The van der Waals surface area contributed by atoms with Crippen LogP contribution < -0.4 is 5.32 Å². The molecular weight excluding hydrogens is 226 g/mol. The van der Waals surface area contributed by atoms with Crippen molar-refractivity contribution in [3.8, 4) is 0 Å². The minimum atomic E-state index is 0.471. The molecule has 2 aromatic rings. The lowest BCUT2D eigenvalue weighted by Crippen LogP contribution is -2.37. The maximum absolute atomic E-state index is 4.30. The van der Waals surface area contributed by atoms with Crippen molar-refractivity contribution >= 4 is 0 Å². The monoisotopic (exact) mass is 243 g/mol. The molecule has 0 bridgehead atoms. The molecule has 3 heterocycles. The molecule has 2 aromatic heterocycles. The molecule has 5 nitrogen and oxygen atoms in total. The Hall–Kier alpha value is -1.75. The predicted octanol–water partition coefficient (Wildman–Crippen LogP) is 1.09. The molecule has 0 aliphatic carbocycles. The summed E-state index contributed by atoms with van der Waals surface area (Å²) in [5.74, 6) is 1.10. The van der Waals surface area contributed by atoms with Gasteiger partial charge in [0.15, 0.2) is 0 Å². The zero-order valence-electron chi connectivity index (χ0n) is 10.5. The largest absolute Gasteiger partial charge is 0.308 e. The maximum Gasteiger partial charge on any atom is 0.138 e. The number of aromatic nitrogens is 4. The summed E-state index contributed by atoms with van der Waals surface area (Å²) in [5, 5.41) is 7.81. The summed E-state index contributed by atoms with van der Waals surface area (Å²) in [6, 6.07) is 4.58. The standard InChI is InChI=1S/C13H17N5/c1-10-11(3-2-6-14-10)7-15-12-4-5-13-16-9-17-18(13)8-12/h2-3,6,9,12,15H,4-5,7-8H2,1H3. The first kappa shape index (κ1) is 11.3. The van der Waals surface area contributed by atoms with Crippen molar-refractivity contribution in [1.29, 1.82) is 0 Å². The van der Waals surface area contributed by atoms with Crippen LogP contribution in [0.5, 0.6) is 0 Å². The van der Waals surface area contributed by atoms with Crippen LogP contribution in [0.4, 0.5) is 0 Å². The fraction of sp³-hybridized carbons (Fsp3) is 0.462. The van der Waals surface area contributed by atoms with Gasteiger partial charge in [-0.1, -0.05) is 6.07 Å². The molecule has 5 heteroatoms. The molecule has 1 aliphatic heterocycles. The Balaban J connectivity index is 1.61. The highest BCUT2D eigenvalue weighted by atomic mass is 15.3. The van der Waals surface area contributed by atoms with E-state index in [0.29, 0.717) is 6.04 Å². The zero-order chi connectivity index (χ0) is 12.4. The third-order valence-corrected chi connectivity index (χ3v) is 3.50. The molecular formula is C13H17N5. The summed E-state index contributed by atoms with van der Waals surface area (Å²) in [7, 11) is 0. The first-order valence-corrected chi connectivity index (χ1v) is 6.33. The van der Waals surface area contributed by atoms with Gasteiger partial charge in [0.25, 0.3) is 0 Å². The molecule has 0 spiro atoms. The Morgan fingerprint density at radius 2 is 2.39 bits per heavy atom. The Morgan fingerprint density at radius 3 is 3.28 bits per heavy atom. The van der Waals surface area contributed by atoms with Crippen molar-refractivity contribution in [1.82, 2.24) is 25.1 Å². The van der Waals surface area contributed by atoms with E-state index in [0.717, 1.165) is 37.4 Å². The number of hydrogen-bond donors (Lipinski definition) is 1. The quantitative estimate of drug-likeness (QED) is 0.876. The predicted molar refractivity (Wildman–Crippen MR) is 67.9 cm³/mol. The smallest absolute Gasteiger partial charge is 0.138 e. The van der Waals surface area contributed by atoms with E-state index in [1.54, 1.807) is 6.33 Å². The van der Waals surface area contributed by atoms with Gasteiger partial charge in [0.2, 0.25) is 0 Å². The lowest BCUT2D eigenvalue weighted by molar-refractivity contribution is 0.357. The van der Waals surface area contributed by atoms with Crippen LogP contribution in [0.2, 0.25) is 0 Å². The van der Waals surface area contributed by atoms with Crippen LogP contribution in [-0.4, -0.2) is 25.8 Å².